The van der Waals surface area contributed by atoms with Crippen molar-refractivity contribution in [3.05, 3.63) is 52.3 Å². The third-order valence-electron chi connectivity index (χ3n) is 5.62. The first-order valence-corrected chi connectivity index (χ1v) is 10.3. The summed E-state index contributed by atoms with van der Waals surface area (Å²) in [5.74, 6) is 0.880. The van der Waals surface area contributed by atoms with Gasteiger partial charge in [-0.2, -0.15) is 5.10 Å². The summed E-state index contributed by atoms with van der Waals surface area (Å²) in [5, 5.41) is 11.1. The van der Waals surface area contributed by atoms with Gasteiger partial charge in [0.05, 0.1) is 5.69 Å². The van der Waals surface area contributed by atoms with Crippen LogP contribution in [0.5, 0.6) is 0 Å². The molecule has 2 heterocycles. The van der Waals surface area contributed by atoms with E-state index in [4.69, 9.17) is 0 Å². The summed E-state index contributed by atoms with van der Waals surface area (Å²) < 4.78 is 1.90. The van der Waals surface area contributed by atoms with Crippen LogP contribution in [0.3, 0.4) is 0 Å². The van der Waals surface area contributed by atoms with Crippen LogP contribution in [0.4, 0.5) is 0 Å². The number of aromatic nitrogens is 2. The topological polar surface area (TPSA) is 74.6 Å². The third kappa shape index (κ3) is 5.96. The molecule has 1 aliphatic rings. The third-order valence-corrected chi connectivity index (χ3v) is 5.62. The van der Waals surface area contributed by atoms with Gasteiger partial charge in [-0.15, -0.1) is 24.0 Å². The summed E-state index contributed by atoms with van der Waals surface area (Å²) in [7, 11) is 3.72. The highest BCUT2D eigenvalue weighted by Crippen LogP contribution is 2.14. The Morgan fingerprint density at radius 3 is 2.27 bits per heavy atom. The van der Waals surface area contributed by atoms with E-state index in [-0.39, 0.29) is 29.9 Å². The quantitative estimate of drug-likeness (QED) is 0.358. The first kappa shape index (κ1) is 24.2. The monoisotopic (exact) mass is 524 g/mol. The van der Waals surface area contributed by atoms with Crippen LogP contribution in [0.15, 0.2) is 29.3 Å². The number of amides is 1. The number of carbonyl (C=O) groups is 1. The molecule has 2 N–H and O–H groups in total. The van der Waals surface area contributed by atoms with Gasteiger partial charge in [0.1, 0.15) is 0 Å². The molecule has 30 heavy (non-hydrogen) atoms. The highest BCUT2D eigenvalue weighted by Gasteiger charge is 2.17. The molecule has 8 heteroatoms. The molecule has 1 fully saturated rings. The summed E-state index contributed by atoms with van der Waals surface area (Å²) >= 11 is 0. The van der Waals surface area contributed by atoms with Crippen LogP contribution in [0, 0.1) is 13.8 Å². The molecule has 0 atom stereocenters. The summed E-state index contributed by atoms with van der Waals surface area (Å²) in [6.45, 7) is 7.16. The molecule has 0 unspecified atom stereocenters. The van der Waals surface area contributed by atoms with Gasteiger partial charge in [-0.3, -0.25) is 14.5 Å². The molecule has 1 aromatic heterocycles. The van der Waals surface area contributed by atoms with Gasteiger partial charge in [0, 0.05) is 57.1 Å². The van der Waals surface area contributed by atoms with Crippen LogP contribution in [-0.2, 0) is 20.1 Å². The van der Waals surface area contributed by atoms with Gasteiger partial charge in [0.15, 0.2) is 5.96 Å². The van der Waals surface area contributed by atoms with E-state index in [0.717, 1.165) is 54.4 Å². The smallest absolute Gasteiger partial charge is 0.253 e. The van der Waals surface area contributed by atoms with Crippen molar-refractivity contribution in [2.75, 3.05) is 20.1 Å². The number of carbonyl (C=O) groups excluding carboxylic acids is 1. The number of hydrogen-bond donors (Lipinski definition) is 2. The van der Waals surface area contributed by atoms with Crippen molar-refractivity contribution in [1.29, 1.82) is 0 Å². The molecule has 1 amide bonds. The van der Waals surface area contributed by atoms with Crippen molar-refractivity contribution in [3.63, 3.8) is 0 Å². The van der Waals surface area contributed by atoms with E-state index >= 15 is 0 Å². The average Bonchev–Trinajstić information content (AvgIpc) is 3.00. The lowest BCUT2D eigenvalue weighted by atomic mass is 10.1. The van der Waals surface area contributed by atoms with E-state index in [1.54, 1.807) is 7.05 Å². The number of aryl methyl sites for hydroxylation is 2. The molecule has 2 aromatic rings. The maximum atomic E-state index is 12.6. The molecule has 0 aliphatic carbocycles. The van der Waals surface area contributed by atoms with Crippen molar-refractivity contribution >= 4 is 35.8 Å². The van der Waals surface area contributed by atoms with Crippen molar-refractivity contribution in [2.45, 2.75) is 46.2 Å². The van der Waals surface area contributed by atoms with E-state index < -0.39 is 0 Å². The van der Waals surface area contributed by atoms with Crippen LogP contribution in [0.2, 0.25) is 0 Å². The summed E-state index contributed by atoms with van der Waals surface area (Å²) in [5.41, 5.74) is 5.25. The van der Waals surface area contributed by atoms with E-state index in [1.807, 2.05) is 47.8 Å². The Balaban J connectivity index is 0.00000320. The van der Waals surface area contributed by atoms with Crippen LogP contribution in [0.1, 0.15) is 52.1 Å². The molecular formula is C22H33IN6O. The highest BCUT2D eigenvalue weighted by molar-refractivity contribution is 14.0. The van der Waals surface area contributed by atoms with Crippen LogP contribution in [0.25, 0.3) is 0 Å². The summed E-state index contributed by atoms with van der Waals surface area (Å²) in [4.78, 5) is 18.8. The lowest BCUT2D eigenvalue weighted by Gasteiger charge is -2.26. The van der Waals surface area contributed by atoms with Gasteiger partial charge in [0.2, 0.25) is 0 Å². The standard InChI is InChI=1S/C22H32N6O.HI/c1-16-20(17(2)27(4)26-16)15-25-22(23-3)24-14-18-8-10-19(11-9-18)21(29)28-12-6-5-7-13-28;/h8-11H,5-7,12-15H2,1-4H3,(H2,23,24,25);1H. The Bertz CT molecular complexity index is 868. The molecule has 164 valence electrons. The molecule has 7 nitrogen and oxygen atoms in total. The number of aliphatic imine (C=N–C) groups is 1. The van der Waals surface area contributed by atoms with Gasteiger partial charge >= 0.3 is 0 Å². The number of piperidine rings is 1. The van der Waals surface area contributed by atoms with Gasteiger partial charge in [0.25, 0.3) is 5.91 Å². The molecular weight excluding hydrogens is 491 g/mol. The molecule has 1 saturated heterocycles. The lowest BCUT2D eigenvalue weighted by Crippen LogP contribution is -2.36. The fraction of sp³-hybridized carbons (Fsp3) is 0.500. The van der Waals surface area contributed by atoms with Gasteiger partial charge in [-0.25, -0.2) is 0 Å². The van der Waals surface area contributed by atoms with Gasteiger partial charge in [-0.1, -0.05) is 12.1 Å². The fourth-order valence-electron chi connectivity index (χ4n) is 3.70. The molecule has 0 bridgehead atoms. The largest absolute Gasteiger partial charge is 0.352 e. The van der Waals surface area contributed by atoms with Gasteiger partial charge < -0.3 is 15.5 Å². The molecule has 1 aliphatic heterocycles. The minimum absolute atomic E-state index is 0. The number of benzene rings is 1. The Morgan fingerprint density at radius 2 is 1.70 bits per heavy atom. The van der Waals surface area contributed by atoms with E-state index in [0.29, 0.717) is 13.1 Å². The molecule has 0 saturated carbocycles. The van der Waals surface area contributed by atoms with Crippen LogP contribution < -0.4 is 10.6 Å². The minimum atomic E-state index is 0. The Hall–Kier alpha value is -2.10. The normalized spacial score (nSPS) is 14.3. The molecule has 0 radical (unpaired) electrons. The second-order valence-electron chi connectivity index (χ2n) is 7.60. The zero-order chi connectivity index (χ0) is 20.8. The molecule has 3 rings (SSSR count). The number of likely N-dealkylation sites (tertiary alicyclic amines) is 1. The van der Waals surface area contributed by atoms with Gasteiger partial charge in [-0.05, 0) is 50.8 Å². The number of guanidine groups is 1. The number of halogens is 1. The highest BCUT2D eigenvalue weighted by atomic mass is 127. The van der Waals surface area contributed by atoms with E-state index in [1.165, 1.54) is 12.0 Å². The predicted octanol–water partition coefficient (Wildman–Crippen LogP) is 3.15. The first-order chi connectivity index (χ1) is 14.0. The average molecular weight is 524 g/mol. The van der Waals surface area contributed by atoms with E-state index in [9.17, 15) is 4.79 Å². The van der Waals surface area contributed by atoms with E-state index in [2.05, 4.69) is 27.6 Å². The Labute approximate surface area is 196 Å². The van der Waals surface area contributed by atoms with Crippen molar-refractivity contribution in [2.24, 2.45) is 12.0 Å². The molecule has 0 spiro atoms. The van der Waals surface area contributed by atoms with Crippen LogP contribution >= 0.6 is 24.0 Å². The number of nitrogens with zero attached hydrogens (tertiary/aromatic N) is 4. The summed E-state index contributed by atoms with van der Waals surface area (Å²) in [6.07, 6.45) is 3.44. The van der Waals surface area contributed by atoms with Crippen molar-refractivity contribution in [3.8, 4) is 0 Å². The first-order valence-electron chi connectivity index (χ1n) is 10.3. The Kier molecular flexibility index (Phi) is 9.13. The zero-order valence-corrected chi connectivity index (χ0v) is 20.7. The molecule has 1 aromatic carbocycles. The number of nitrogens with one attached hydrogen (secondary N) is 2. The predicted molar refractivity (Wildman–Crippen MR) is 131 cm³/mol. The second kappa shape index (κ2) is 11.3. The van der Waals surface area contributed by atoms with Crippen LogP contribution in [-0.4, -0.2) is 46.7 Å². The number of rotatable bonds is 5. The van der Waals surface area contributed by atoms with Crippen molar-refractivity contribution in [1.82, 2.24) is 25.3 Å². The fourth-order valence-corrected chi connectivity index (χ4v) is 3.70. The second-order valence-corrected chi connectivity index (χ2v) is 7.60. The maximum Gasteiger partial charge on any atom is 0.253 e. The zero-order valence-electron chi connectivity index (χ0n) is 18.4. The lowest BCUT2D eigenvalue weighted by molar-refractivity contribution is 0.0724. The minimum Gasteiger partial charge on any atom is -0.352 e. The maximum absolute atomic E-state index is 12.6. The van der Waals surface area contributed by atoms with Crippen molar-refractivity contribution < 1.29 is 4.79 Å². The number of hydrogen-bond acceptors (Lipinski definition) is 3. The summed E-state index contributed by atoms with van der Waals surface area (Å²) in [6, 6.07) is 7.86. The SMILES string of the molecule is CN=C(NCc1ccc(C(=O)N2CCCCC2)cc1)NCc1c(C)nn(C)c1C.I. The Morgan fingerprint density at radius 1 is 1.07 bits per heavy atom.